The van der Waals surface area contributed by atoms with Crippen LogP contribution in [-0.4, -0.2) is 20.4 Å². The Morgan fingerprint density at radius 2 is 1.80 bits per heavy atom. The standard InChI is InChI=1S/C14H17N3O2S/c1-11-3-4-13(16-9-11)10-17-12-5-7-14(8-6-12)20(18,19)15-2/h3-9,15,17H,10H2,1-2H3. The number of aromatic nitrogens is 1. The molecule has 2 rings (SSSR count). The highest BCUT2D eigenvalue weighted by Gasteiger charge is 2.10. The van der Waals surface area contributed by atoms with Crippen molar-refractivity contribution >= 4 is 15.7 Å². The van der Waals surface area contributed by atoms with Gasteiger partial charge in [0.1, 0.15) is 0 Å². The van der Waals surface area contributed by atoms with Crippen LogP contribution in [0.1, 0.15) is 11.3 Å². The number of benzene rings is 1. The van der Waals surface area contributed by atoms with Crippen molar-refractivity contribution in [1.82, 2.24) is 9.71 Å². The maximum absolute atomic E-state index is 11.6. The summed E-state index contributed by atoms with van der Waals surface area (Å²) >= 11 is 0. The molecule has 0 atom stereocenters. The number of hydrogen-bond donors (Lipinski definition) is 2. The van der Waals surface area contributed by atoms with Gasteiger partial charge >= 0.3 is 0 Å². The maximum Gasteiger partial charge on any atom is 0.240 e. The minimum absolute atomic E-state index is 0.249. The lowest BCUT2D eigenvalue weighted by Gasteiger charge is -2.07. The predicted molar refractivity (Wildman–Crippen MR) is 79.0 cm³/mol. The second-order valence-corrected chi connectivity index (χ2v) is 6.30. The molecule has 0 aliphatic rings. The molecule has 1 aromatic heterocycles. The lowest BCUT2D eigenvalue weighted by atomic mass is 10.2. The average Bonchev–Trinajstić information content (AvgIpc) is 2.47. The van der Waals surface area contributed by atoms with Crippen LogP contribution in [0, 0.1) is 6.92 Å². The van der Waals surface area contributed by atoms with Crippen LogP contribution in [0.25, 0.3) is 0 Å². The third-order valence-electron chi connectivity index (χ3n) is 2.88. The van der Waals surface area contributed by atoms with E-state index in [9.17, 15) is 8.42 Å². The van der Waals surface area contributed by atoms with Crippen LogP contribution >= 0.6 is 0 Å². The SMILES string of the molecule is CNS(=O)(=O)c1ccc(NCc2ccc(C)cn2)cc1. The number of rotatable bonds is 5. The first kappa shape index (κ1) is 14.5. The van der Waals surface area contributed by atoms with E-state index in [0.29, 0.717) is 6.54 Å². The van der Waals surface area contributed by atoms with Crippen LogP contribution in [0.4, 0.5) is 5.69 Å². The summed E-state index contributed by atoms with van der Waals surface area (Å²) in [6.45, 7) is 2.59. The minimum atomic E-state index is -3.38. The zero-order chi connectivity index (χ0) is 14.6. The fourth-order valence-corrected chi connectivity index (χ4v) is 2.40. The van der Waals surface area contributed by atoms with Gasteiger partial charge in [-0.15, -0.1) is 0 Å². The molecule has 2 N–H and O–H groups in total. The Hall–Kier alpha value is -1.92. The molecule has 20 heavy (non-hydrogen) atoms. The molecule has 0 spiro atoms. The van der Waals surface area contributed by atoms with Gasteiger partial charge in [0, 0.05) is 11.9 Å². The van der Waals surface area contributed by atoms with Gasteiger partial charge in [-0.25, -0.2) is 13.1 Å². The molecule has 5 nitrogen and oxygen atoms in total. The summed E-state index contributed by atoms with van der Waals surface area (Å²) in [5.41, 5.74) is 2.90. The summed E-state index contributed by atoms with van der Waals surface area (Å²) in [4.78, 5) is 4.54. The monoisotopic (exact) mass is 291 g/mol. The molecule has 1 heterocycles. The third kappa shape index (κ3) is 3.55. The van der Waals surface area contributed by atoms with Crippen molar-refractivity contribution in [3.63, 3.8) is 0 Å². The minimum Gasteiger partial charge on any atom is -0.379 e. The van der Waals surface area contributed by atoms with Gasteiger partial charge in [-0.2, -0.15) is 0 Å². The van der Waals surface area contributed by atoms with E-state index < -0.39 is 10.0 Å². The predicted octanol–water partition coefficient (Wildman–Crippen LogP) is 1.91. The van der Waals surface area contributed by atoms with Crippen LogP contribution in [0.3, 0.4) is 0 Å². The lowest BCUT2D eigenvalue weighted by molar-refractivity contribution is 0.588. The first-order chi connectivity index (χ1) is 9.51. The molecule has 0 saturated carbocycles. The summed E-state index contributed by atoms with van der Waals surface area (Å²) in [6.07, 6.45) is 1.82. The molecular weight excluding hydrogens is 274 g/mol. The van der Waals surface area contributed by atoms with E-state index in [1.165, 1.54) is 7.05 Å². The molecule has 2 aromatic rings. The highest BCUT2D eigenvalue weighted by atomic mass is 32.2. The topological polar surface area (TPSA) is 71.1 Å². The van der Waals surface area contributed by atoms with Crippen LogP contribution < -0.4 is 10.0 Å². The van der Waals surface area contributed by atoms with E-state index in [-0.39, 0.29) is 4.90 Å². The highest BCUT2D eigenvalue weighted by molar-refractivity contribution is 7.89. The Bertz CT molecular complexity index is 665. The maximum atomic E-state index is 11.6. The lowest BCUT2D eigenvalue weighted by Crippen LogP contribution is -2.18. The van der Waals surface area contributed by atoms with E-state index in [2.05, 4.69) is 15.0 Å². The van der Waals surface area contributed by atoms with Crippen molar-refractivity contribution in [2.75, 3.05) is 12.4 Å². The summed E-state index contributed by atoms with van der Waals surface area (Å²) < 4.78 is 25.4. The quantitative estimate of drug-likeness (QED) is 0.883. The fourth-order valence-electron chi connectivity index (χ4n) is 1.67. The number of pyridine rings is 1. The van der Waals surface area contributed by atoms with E-state index >= 15 is 0 Å². The summed E-state index contributed by atoms with van der Waals surface area (Å²) in [5, 5.41) is 3.20. The van der Waals surface area contributed by atoms with Crippen molar-refractivity contribution in [3.8, 4) is 0 Å². The van der Waals surface area contributed by atoms with E-state index in [0.717, 1.165) is 16.9 Å². The number of aryl methyl sites for hydroxylation is 1. The Kier molecular flexibility index (Phi) is 4.36. The van der Waals surface area contributed by atoms with Crippen molar-refractivity contribution in [2.24, 2.45) is 0 Å². The van der Waals surface area contributed by atoms with Gasteiger partial charge in [0.2, 0.25) is 10.0 Å². The zero-order valence-corrected chi connectivity index (χ0v) is 12.2. The van der Waals surface area contributed by atoms with Crippen molar-refractivity contribution in [3.05, 3.63) is 53.9 Å². The molecule has 0 fully saturated rings. The van der Waals surface area contributed by atoms with Crippen LogP contribution in [-0.2, 0) is 16.6 Å². The highest BCUT2D eigenvalue weighted by Crippen LogP contribution is 2.14. The average molecular weight is 291 g/mol. The molecule has 0 bridgehead atoms. The van der Waals surface area contributed by atoms with Gasteiger partial charge in [-0.3, -0.25) is 4.98 Å². The molecular formula is C14H17N3O2S. The van der Waals surface area contributed by atoms with Crippen molar-refractivity contribution < 1.29 is 8.42 Å². The second kappa shape index (κ2) is 6.02. The Morgan fingerprint density at radius 3 is 2.35 bits per heavy atom. The van der Waals surface area contributed by atoms with Crippen LogP contribution in [0.2, 0.25) is 0 Å². The molecule has 1 aromatic carbocycles. The fraction of sp³-hybridized carbons (Fsp3) is 0.214. The summed E-state index contributed by atoms with van der Waals surface area (Å²) in [6, 6.07) is 10.6. The van der Waals surface area contributed by atoms with E-state index in [1.54, 1.807) is 24.3 Å². The van der Waals surface area contributed by atoms with Crippen LogP contribution in [0.15, 0.2) is 47.5 Å². The molecule has 0 aliphatic carbocycles. The first-order valence-corrected chi connectivity index (χ1v) is 7.68. The van der Waals surface area contributed by atoms with Gasteiger partial charge in [0.25, 0.3) is 0 Å². The number of anilines is 1. The Labute approximate surface area is 119 Å². The van der Waals surface area contributed by atoms with Crippen molar-refractivity contribution in [1.29, 1.82) is 0 Å². The zero-order valence-electron chi connectivity index (χ0n) is 11.4. The Morgan fingerprint density at radius 1 is 1.10 bits per heavy atom. The third-order valence-corrected chi connectivity index (χ3v) is 4.31. The van der Waals surface area contributed by atoms with Crippen LogP contribution in [0.5, 0.6) is 0 Å². The first-order valence-electron chi connectivity index (χ1n) is 6.20. The van der Waals surface area contributed by atoms with Gasteiger partial charge in [-0.05, 0) is 49.9 Å². The molecule has 0 radical (unpaired) electrons. The van der Waals surface area contributed by atoms with Gasteiger partial charge in [0.15, 0.2) is 0 Å². The largest absolute Gasteiger partial charge is 0.379 e. The second-order valence-electron chi connectivity index (χ2n) is 4.41. The Balaban J connectivity index is 2.03. The number of nitrogens with one attached hydrogen (secondary N) is 2. The molecule has 0 unspecified atom stereocenters. The molecule has 106 valence electrons. The van der Waals surface area contributed by atoms with E-state index in [1.807, 2.05) is 25.3 Å². The summed E-state index contributed by atoms with van der Waals surface area (Å²) in [7, 11) is -1.98. The number of sulfonamides is 1. The van der Waals surface area contributed by atoms with Gasteiger partial charge < -0.3 is 5.32 Å². The number of nitrogens with zero attached hydrogens (tertiary/aromatic N) is 1. The molecule has 6 heteroatoms. The van der Waals surface area contributed by atoms with Gasteiger partial charge in [-0.1, -0.05) is 6.07 Å². The van der Waals surface area contributed by atoms with E-state index in [4.69, 9.17) is 0 Å². The summed E-state index contributed by atoms with van der Waals surface area (Å²) in [5.74, 6) is 0. The molecule has 0 saturated heterocycles. The molecule has 0 aliphatic heterocycles. The van der Waals surface area contributed by atoms with Gasteiger partial charge in [0.05, 0.1) is 17.1 Å². The number of hydrogen-bond acceptors (Lipinski definition) is 4. The molecule has 0 amide bonds. The van der Waals surface area contributed by atoms with Crippen molar-refractivity contribution in [2.45, 2.75) is 18.4 Å². The smallest absolute Gasteiger partial charge is 0.240 e. The normalized spacial score (nSPS) is 11.3.